The lowest BCUT2D eigenvalue weighted by molar-refractivity contribution is -0.161. The van der Waals surface area contributed by atoms with Gasteiger partial charge in [0.05, 0.1) is 26.4 Å². The molecule has 0 aliphatic carbocycles. The minimum absolute atomic E-state index is 0.111. The molecule has 0 fully saturated rings. The SMILES string of the molecule is CCCCC/C=C\C/C=C\C/C=C\C/C=C\CCCCCCCC(=O)OCC(O)COP(=O)(O)OCC(O)COP(=O)(O)OCC(COC(=O)CCCCCCCCCCCCC)OC(=O)CCCCCCCCCCCCC. The van der Waals surface area contributed by atoms with E-state index in [1.54, 1.807) is 0 Å². The molecule has 0 aliphatic heterocycles. The fraction of sp³-hybridized carbons (Fsp3) is 0.820. The Kier molecular flexibility index (Phi) is 54.2. The Morgan fingerprint density at radius 1 is 0.354 bits per heavy atom. The maximum absolute atomic E-state index is 12.8. The summed E-state index contributed by atoms with van der Waals surface area (Å²) >= 11 is 0. The number of hydrogen-bond donors (Lipinski definition) is 4. The number of carbonyl (C=O) groups excluding carboxylic acids is 3. The van der Waals surface area contributed by atoms with Crippen LogP contribution in [0.2, 0.25) is 0 Å². The van der Waals surface area contributed by atoms with Gasteiger partial charge in [0.25, 0.3) is 0 Å². The Bertz CT molecular complexity index is 1650. The number of hydrogen-bond acceptors (Lipinski definition) is 14. The zero-order valence-corrected chi connectivity index (χ0v) is 51.3. The van der Waals surface area contributed by atoms with Gasteiger partial charge in [-0.2, -0.15) is 0 Å². The Hall–Kier alpha value is -2.49. The van der Waals surface area contributed by atoms with Crippen LogP contribution in [0, 0.1) is 0 Å². The molecule has 0 saturated carbocycles. The molecule has 0 radical (unpaired) electrons. The maximum Gasteiger partial charge on any atom is 0.472 e. The van der Waals surface area contributed by atoms with Crippen LogP contribution in [0.5, 0.6) is 0 Å². The monoisotopic (exact) mass is 1160 g/mol. The van der Waals surface area contributed by atoms with E-state index in [4.69, 9.17) is 32.3 Å². The van der Waals surface area contributed by atoms with Crippen LogP contribution in [0.25, 0.3) is 0 Å². The smallest absolute Gasteiger partial charge is 0.463 e. The van der Waals surface area contributed by atoms with Gasteiger partial charge in [-0.25, -0.2) is 9.13 Å². The van der Waals surface area contributed by atoms with Crippen LogP contribution in [0.4, 0.5) is 0 Å². The average molecular weight is 1160 g/mol. The number of aliphatic hydroxyl groups excluding tert-OH is 2. The molecule has 0 heterocycles. The third-order valence-electron chi connectivity index (χ3n) is 13.1. The van der Waals surface area contributed by atoms with Crippen molar-refractivity contribution in [3.63, 3.8) is 0 Å². The molecule has 5 atom stereocenters. The van der Waals surface area contributed by atoms with Gasteiger partial charge >= 0.3 is 33.6 Å². The number of phosphoric ester groups is 2. The lowest BCUT2D eigenvalue weighted by atomic mass is 10.1. The largest absolute Gasteiger partial charge is 0.472 e. The number of aliphatic hydroxyl groups is 2. The van der Waals surface area contributed by atoms with Crippen LogP contribution in [-0.4, -0.2) is 95.9 Å². The minimum Gasteiger partial charge on any atom is -0.463 e. The quantitative estimate of drug-likeness (QED) is 0.0146. The van der Waals surface area contributed by atoms with Crippen molar-refractivity contribution >= 4 is 33.6 Å². The predicted molar refractivity (Wildman–Crippen MR) is 316 cm³/mol. The molecule has 0 saturated heterocycles. The van der Waals surface area contributed by atoms with Gasteiger partial charge in [-0.3, -0.25) is 32.5 Å². The van der Waals surface area contributed by atoms with Gasteiger partial charge in [0.1, 0.15) is 25.4 Å². The van der Waals surface area contributed by atoms with Crippen LogP contribution in [0.3, 0.4) is 0 Å². The van der Waals surface area contributed by atoms with Crippen molar-refractivity contribution in [2.45, 2.75) is 283 Å². The second kappa shape index (κ2) is 56.0. The van der Waals surface area contributed by atoms with E-state index in [2.05, 4.69) is 69.4 Å². The first-order valence-electron chi connectivity index (χ1n) is 30.9. The first-order valence-corrected chi connectivity index (χ1v) is 33.9. The van der Waals surface area contributed by atoms with Crippen LogP contribution >= 0.6 is 15.6 Å². The molecule has 4 N–H and O–H groups in total. The van der Waals surface area contributed by atoms with Crippen LogP contribution in [0.1, 0.15) is 265 Å². The molecule has 0 aromatic heterocycles. The molecule has 18 heteroatoms. The van der Waals surface area contributed by atoms with Crippen LogP contribution < -0.4 is 0 Å². The first kappa shape index (κ1) is 76.5. The van der Waals surface area contributed by atoms with E-state index in [0.717, 1.165) is 96.3 Å². The van der Waals surface area contributed by atoms with Gasteiger partial charge in [0.15, 0.2) is 6.10 Å². The van der Waals surface area contributed by atoms with Gasteiger partial charge in [-0.15, -0.1) is 0 Å². The zero-order chi connectivity index (χ0) is 58.2. The molecule has 0 rings (SSSR count). The van der Waals surface area contributed by atoms with Crippen molar-refractivity contribution < 1.29 is 75.8 Å². The highest BCUT2D eigenvalue weighted by Gasteiger charge is 2.29. The minimum atomic E-state index is -4.90. The second-order valence-corrected chi connectivity index (χ2v) is 23.8. The third kappa shape index (κ3) is 57.1. The number of esters is 3. The molecule has 79 heavy (non-hydrogen) atoms. The van der Waals surface area contributed by atoms with Crippen molar-refractivity contribution in [2.75, 3.05) is 39.6 Å². The molecule has 0 aromatic rings. The summed E-state index contributed by atoms with van der Waals surface area (Å²) < 4.78 is 60.5. The van der Waals surface area contributed by atoms with E-state index in [1.807, 2.05) is 0 Å². The summed E-state index contributed by atoms with van der Waals surface area (Å²) in [5, 5.41) is 20.4. The normalized spacial score (nSPS) is 14.8. The Morgan fingerprint density at radius 2 is 0.633 bits per heavy atom. The standard InChI is InChI=1S/C61H112O16P2/c1-4-7-10-13-16-19-22-23-24-25-26-27-28-29-30-31-34-36-38-41-44-47-59(64)71-50-56(62)51-73-78(67,68)74-52-57(63)53-75-79(69,70)76-55-58(77-61(66)49-46-43-40-37-33-21-18-15-12-9-6-3)54-72-60(65)48-45-42-39-35-32-20-17-14-11-8-5-2/h16,19,23-24,26-27,29-30,56-58,62-63H,4-15,17-18,20-22,25,28,31-55H2,1-3H3,(H,67,68)(H,69,70)/b19-16-,24-23-,27-26-,30-29-. The van der Waals surface area contributed by atoms with Gasteiger partial charge in [-0.1, -0.05) is 230 Å². The summed E-state index contributed by atoms with van der Waals surface area (Å²) in [5.41, 5.74) is 0. The zero-order valence-electron chi connectivity index (χ0n) is 49.5. The summed E-state index contributed by atoms with van der Waals surface area (Å²) in [4.78, 5) is 58.0. The van der Waals surface area contributed by atoms with Gasteiger partial charge in [-0.05, 0) is 64.2 Å². The van der Waals surface area contributed by atoms with Crippen molar-refractivity contribution in [2.24, 2.45) is 0 Å². The van der Waals surface area contributed by atoms with Gasteiger partial charge in [0, 0.05) is 19.3 Å². The van der Waals surface area contributed by atoms with Crippen molar-refractivity contribution in [1.82, 2.24) is 0 Å². The number of rotatable bonds is 59. The average Bonchev–Trinajstić information content (AvgIpc) is 3.42. The van der Waals surface area contributed by atoms with E-state index in [-0.39, 0.29) is 19.3 Å². The fourth-order valence-electron chi connectivity index (χ4n) is 8.26. The highest BCUT2D eigenvalue weighted by atomic mass is 31.2. The summed E-state index contributed by atoms with van der Waals surface area (Å²) in [6.45, 7) is 2.60. The second-order valence-electron chi connectivity index (χ2n) is 20.9. The molecule has 16 nitrogen and oxygen atoms in total. The number of phosphoric acid groups is 2. The summed E-state index contributed by atoms with van der Waals surface area (Å²) in [6, 6.07) is 0. The van der Waals surface area contributed by atoms with E-state index in [9.17, 15) is 43.5 Å². The molecule has 0 bridgehead atoms. The van der Waals surface area contributed by atoms with Gasteiger partial charge < -0.3 is 34.2 Å². The molecule has 0 aromatic carbocycles. The third-order valence-corrected chi connectivity index (χ3v) is 15.0. The summed E-state index contributed by atoms with van der Waals surface area (Å²) in [5.74, 6) is -1.58. The van der Waals surface area contributed by atoms with E-state index < -0.39 is 91.5 Å². The highest BCUT2D eigenvalue weighted by Crippen LogP contribution is 2.45. The summed E-state index contributed by atoms with van der Waals surface area (Å²) in [7, 11) is -9.74. The van der Waals surface area contributed by atoms with Crippen molar-refractivity contribution in [1.29, 1.82) is 0 Å². The molecular formula is C61H112O16P2. The van der Waals surface area contributed by atoms with Crippen molar-refractivity contribution in [3.8, 4) is 0 Å². The molecule has 0 amide bonds. The Morgan fingerprint density at radius 3 is 1.03 bits per heavy atom. The number of allylic oxidation sites excluding steroid dienone is 8. The molecular weight excluding hydrogens is 1050 g/mol. The van der Waals surface area contributed by atoms with Crippen molar-refractivity contribution in [3.05, 3.63) is 48.6 Å². The first-order chi connectivity index (χ1) is 38.2. The lowest BCUT2D eigenvalue weighted by Crippen LogP contribution is -2.30. The predicted octanol–water partition coefficient (Wildman–Crippen LogP) is 16.1. The van der Waals surface area contributed by atoms with Crippen LogP contribution in [-0.2, 0) is 55.8 Å². The Balaban J connectivity index is 4.53. The van der Waals surface area contributed by atoms with E-state index in [1.165, 1.54) is 109 Å². The molecule has 462 valence electrons. The molecule has 5 unspecified atom stereocenters. The fourth-order valence-corrected chi connectivity index (χ4v) is 9.84. The van der Waals surface area contributed by atoms with E-state index in [0.29, 0.717) is 19.3 Å². The van der Waals surface area contributed by atoms with Crippen LogP contribution in [0.15, 0.2) is 48.6 Å². The summed E-state index contributed by atoms with van der Waals surface area (Å²) in [6.07, 6.45) is 51.9. The lowest BCUT2D eigenvalue weighted by Gasteiger charge is -2.21. The Labute approximate surface area is 478 Å². The topological polar surface area (TPSA) is 231 Å². The number of unbranched alkanes of at least 4 members (excludes halogenated alkanes) is 28. The molecule has 0 spiro atoms. The number of carbonyl (C=O) groups is 3. The highest BCUT2D eigenvalue weighted by molar-refractivity contribution is 7.47. The van der Waals surface area contributed by atoms with E-state index >= 15 is 0 Å². The van der Waals surface area contributed by atoms with Gasteiger partial charge in [0.2, 0.25) is 0 Å². The maximum atomic E-state index is 12.8. The molecule has 0 aliphatic rings. The number of ether oxygens (including phenoxy) is 3.